The molecule has 3 unspecified atom stereocenters. The summed E-state index contributed by atoms with van der Waals surface area (Å²) in [6, 6.07) is -0.386. The van der Waals surface area contributed by atoms with Gasteiger partial charge < -0.3 is 15.7 Å². The highest BCUT2D eigenvalue weighted by Crippen LogP contribution is 2.24. The van der Waals surface area contributed by atoms with E-state index in [0.717, 1.165) is 19.5 Å². The Hall–Kier alpha value is -1.14. The van der Waals surface area contributed by atoms with Gasteiger partial charge in [0.15, 0.2) is 0 Å². The van der Waals surface area contributed by atoms with Gasteiger partial charge in [-0.25, -0.2) is 0 Å². The first-order valence-corrected chi connectivity index (χ1v) is 7.01. The number of nitrogens with zero attached hydrogens (tertiary/aromatic N) is 2. The predicted molar refractivity (Wildman–Crippen MR) is 70.6 cm³/mol. The van der Waals surface area contributed by atoms with Crippen LogP contribution in [0, 0.1) is 0 Å². The summed E-state index contributed by atoms with van der Waals surface area (Å²) in [6.45, 7) is 4.68. The molecule has 0 spiro atoms. The van der Waals surface area contributed by atoms with Crippen molar-refractivity contribution in [2.45, 2.75) is 50.7 Å². The van der Waals surface area contributed by atoms with Crippen LogP contribution in [-0.2, 0) is 9.59 Å². The molecule has 3 atom stereocenters. The number of fused-ring (bicyclic) bond motifs is 1. The van der Waals surface area contributed by atoms with E-state index in [9.17, 15) is 9.59 Å². The monoisotopic (exact) mass is 269 g/mol. The minimum Gasteiger partial charge on any atom is -0.481 e. The Morgan fingerprint density at radius 2 is 2.11 bits per heavy atom. The molecule has 2 saturated heterocycles. The molecule has 19 heavy (non-hydrogen) atoms. The average Bonchev–Trinajstić information content (AvgIpc) is 2.36. The number of rotatable bonds is 3. The number of carboxylic acids is 1. The van der Waals surface area contributed by atoms with Gasteiger partial charge in [-0.1, -0.05) is 6.42 Å². The number of carbonyl (C=O) groups is 2. The van der Waals surface area contributed by atoms with E-state index in [1.807, 2.05) is 6.92 Å². The molecule has 3 N–H and O–H groups in total. The number of carbonyl (C=O) groups excluding carboxylic acids is 1. The van der Waals surface area contributed by atoms with Crippen LogP contribution in [0.1, 0.15) is 32.6 Å². The third kappa shape index (κ3) is 3.25. The topological polar surface area (TPSA) is 86.9 Å². The maximum absolute atomic E-state index is 12.2. The van der Waals surface area contributed by atoms with Crippen LogP contribution in [0.4, 0.5) is 0 Å². The van der Waals surface area contributed by atoms with Crippen LogP contribution >= 0.6 is 0 Å². The number of piperidine rings is 1. The Kier molecular flexibility index (Phi) is 4.42. The number of nitrogens with two attached hydrogens (primary N) is 1. The highest BCUT2D eigenvalue weighted by Gasteiger charge is 2.36. The zero-order valence-electron chi connectivity index (χ0n) is 11.4. The van der Waals surface area contributed by atoms with Crippen molar-refractivity contribution in [2.24, 2.45) is 5.73 Å². The molecule has 0 bridgehead atoms. The maximum atomic E-state index is 12.2. The van der Waals surface area contributed by atoms with E-state index in [-0.39, 0.29) is 18.4 Å². The number of hydrogen-bond donors (Lipinski definition) is 2. The number of carboxylic acid groups (broad SMARTS) is 1. The van der Waals surface area contributed by atoms with Crippen molar-refractivity contribution in [2.75, 3.05) is 19.6 Å². The van der Waals surface area contributed by atoms with Gasteiger partial charge in [0.1, 0.15) is 0 Å². The molecule has 0 radical (unpaired) electrons. The van der Waals surface area contributed by atoms with Crippen molar-refractivity contribution in [3.63, 3.8) is 0 Å². The Labute approximate surface area is 113 Å². The number of piperazine rings is 1. The van der Waals surface area contributed by atoms with Gasteiger partial charge in [-0.2, -0.15) is 0 Å². The zero-order chi connectivity index (χ0) is 14.0. The molecule has 2 aliphatic rings. The molecule has 1 amide bonds. The van der Waals surface area contributed by atoms with E-state index >= 15 is 0 Å². The first-order valence-electron chi connectivity index (χ1n) is 7.01. The summed E-state index contributed by atoms with van der Waals surface area (Å²) in [6.07, 6.45) is 3.26. The van der Waals surface area contributed by atoms with E-state index in [2.05, 4.69) is 4.90 Å². The van der Waals surface area contributed by atoms with Crippen molar-refractivity contribution in [3.8, 4) is 0 Å². The summed E-state index contributed by atoms with van der Waals surface area (Å²) >= 11 is 0. The van der Waals surface area contributed by atoms with Crippen molar-refractivity contribution < 1.29 is 14.7 Å². The van der Waals surface area contributed by atoms with Gasteiger partial charge in [0, 0.05) is 25.2 Å². The number of aliphatic carboxylic acids is 1. The highest BCUT2D eigenvalue weighted by molar-refractivity contribution is 5.86. The first kappa shape index (κ1) is 14.3. The molecule has 6 heteroatoms. The van der Waals surface area contributed by atoms with Gasteiger partial charge in [-0.05, 0) is 26.3 Å². The summed E-state index contributed by atoms with van der Waals surface area (Å²) in [5.74, 6) is -1.25. The summed E-state index contributed by atoms with van der Waals surface area (Å²) in [5, 5.41) is 8.73. The van der Waals surface area contributed by atoms with E-state index in [1.165, 1.54) is 12.8 Å². The first-order chi connectivity index (χ1) is 8.99. The molecule has 0 aromatic heterocycles. The molecule has 2 rings (SSSR count). The molecule has 0 aromatic carbocycles. The zero-order valence-corrected chi connectivity index (χ0v) is 11.4. The molecule has 0 saturated carbocycles. The van der Waals surface area contributed by atoms with Gasteiger partial charge in [0.05, 0.1) is 12.5 Å². The molecular formula is C13H23N3O3. The molecule has 2 heterocycles. The molecule has 2 fully saturated rings. The second kappa shape index (κ2) is 5.88. The fourth-order valence-electron chi connectivity index (χ4n) is 3.15. The van der Waals surface area contributed by atoms with Crippen LogP contribution in [0.2, 0.25) is 0 Å². The Balaban J connectivity index is 1.99. The lowest BCUT2D eigenvalue weighted by Crippen LogP contribution is -2.62. The van der Waals surface area contributed by atoms with Crippen LogP contribution in [-0.4, -0.2) is 64.5 Å². The van der Waals surface area contributed by atoms with Crippen molar-refractivity contribution in [3.05, 3.63) is 0 Å². The smallest absolute Gasteiger partial charge is 0.305 e. The molecule has 0 aromatic rings. The SMILES string of the molecule is CC1CN2CCCCC2CN1C(=O)C(N)CC(=O)O. The van der Waals surface area contributed by atoms with E-state index in [0.29, 0.717) is 12.6 Å². The molecule has 6 nitrogen and oxygen atoms in total. The fraction of sp³-hybridized carbons (Fsp3) is 0.846. The lowest BCUT2D eigenvalue weighted by atomic mass is 9.96. The van der Waals surface area contributed by atoms with Gasteiger partial charge in [-0.3, -0.25) is 14.5 Å². The molecule has 108 valence electrons. The third-order valence-electron chi connectivity index (χ3n) is 4.18. The molecule has 0 aliphatic carbocycles. The van der Waals surface area contributed by atoms with E-state index < -0.39 is 12.0 Å². The summed E-state index contributed by atoms with van der Waals surface area (Å²) < 4.78 is 0. The molecular weight excluding hydrogens is 246 g/mol. The van der Waals surface area contributed by atoms with Crippen LogP contribution < -0.4 is 5.73 Å². The summed E-state index contributed by atoms with van der Waals surface area (Å²) in [7, 11) is 0. The Morgan fingerprint density at radius 3 is 2.79 bits per heavy atom. The largest absolute Gasteiger partial charge is 0.481 e. The second-order valence-electron chi connectivity index (χ2n) is 5.69. The minimum absolute atomic E-state index is 0.113. The van der Waals surface area contributed by atoms with Crippen molar-refractivity contribution >= 4 is 11.9 Å². The van der Waals surface area contributed by atoms with E-state index in [4.69, 9.17) is 10.8 Å². The normalized spacial score (nSPS) is 29.7. The lowest BCUT2D eigenvalue weighted by Gasteiger charge is -2.48. The number of amides is 1. The number of hydrogen-bond acceptors (Lipinski definition) is 4. The standard InChI is InChI=1S/C13H23N3O3/c1-9-7-15-5-3-2-4-10(15)8-16(9)13(19)11(14)6-12(17)18/h9-11H,2-8,14H2,1H3,(H,17,18). The fourth-order valence-corrected chi connectivity index (χ4v) is 3.15. The maximum Gasteiger partial charge on any atom is 0.305 e. The van der Waals surface area contributed by atoms with Crippen LogP contribution in [0.15, 0.2) is 0 Å². The van der Waals surface area contributed by atoms with Gasteiger partial charge in [-0.15, -0.1) is 0 Å². The lowest BCUT2D eigenvalue weighted by molar-refractivity contribution is -0.145. The van der Waals surface area contributed by atoms with Crippen molar-refractivity contribution in [1.82, 2.24) is 9.80 Å². The Morgan fingerprint density at radius 1 is 1.37 bits per heavy atom. The highest BCUT2D eigenvalue weighted by atomic mass is 16.4. The second-order valence-corrected chi connectivity index (χ2v) is 5.69. The summed E-state index contributed by atoms with van der Waals surface area (Å²) in [4.78, 5) is 27.1. The van der Waals surface area contributed by atoms with Crippen LogP contribution in [0.5, 0.6) is 0 Å². The van der Waals surface area contributed by atoms with E-state index in [1.54, 1.807) is 4.90 Å². The summed E-state index contributed by atoms with van der Waals surface area (Å²) in [5.41, 5.74) is 5.69. The van der Waals surface area contributed by atoms with Crippen LogP contribution in [0.3, 0.4) is 0 Å². The minimum atomic E-state index is -1.02. The predicted octanol–water partition coefficient (Wildman–Crippen LogP) is -0.126. The average molecular weight is 269 g/mol. The third-order valence-corrected chi connectivity index (χ3v) is 4.18. The Bertz CT molecular complexity index is 361. The quantitative estimate of drug-likeness (QED) is 0.745. The molecule has 2 aliphatic heterocycles. The van der Waals surface area contributed by atoms with Gasteiger partial charge >= 0.3 is 5.97 Å². The van der Waals surface area contributed by atoms with Crippen molar-refractivity contribution in [1.29, 1.82) is 0 Å². The van der Waals surface area contributed by atoms with Gasteiger partial charge in [0.2, 0.25) is 5.91 Å². The van der Waals surface area contributed by atoms with Gasteiger partial charge in [0.25, 0.3) is 0 Å². The van der Waals surface area contributed by atoms with Crippen LogP contribution in [0.25, 0.3) is 0 Å².